The molecule has 0 bridgehead atoms. The average Bonchev–Trinajstić information content (AvgIpc) is 3.39. The molecule has 2 aliphatic heterocycles. The first-order valence-electron chi connectivity index (χ1n) is 11.7. The van der Waals surface area contributed by atoms with Crippen molar-refractivity contribution in [2.45, 2.75) is 72.5 Å². The third-order valence-corrected chi connectivity index (χ3v) is 7.24. The monoisotopic (exact) mass is 489 g/mol. The van der Waals surface area contributed by atoms with Gasteiger partial charge >= 0.3 is 6.03 Å². The third-order valence-electron chi connectivity index (χ3n) is 6.12. The fourth-order valence-electron chi connectivity index (χ4n) is 4.04. The van der Waals surface area contributed by atoms with E-state index in [1.165, 1.54) is 16.2 Å². The van der Waals surface area contributed by atoms with Crippen LogP contribution in [0.25, 0.3) is 4.91 Å². The molecule has 1 fully saturated rings. The van der Waals surface area contributed by atoms with Gasteiger partial charge in [-0.3, -0.25) is 9.59 Å². The second-order valence-electron chi connectivity index (χ2n) is 9.88. The van der Waals surface area contributed by atoms with Crippen molar-refractivity contribution >= 4 is 35.0 Å². The number of carbonyl (C=O) groups excluding carboxylic acids is 3. The van der Waals surface area contributed by atoms with Gasteiger partial charge in [-0.15, -0.1) is 11.8 Å². The van der Waals surface area contributed by atoms with Crippen molar-refractivity contribution in [1.82, 2.24) is 20.9 Å². The maximum atomic E-state index is 12.4. The van der Waals surface area contributed by atoms with Gasteiger partial charge in [0.05, 0.1) is 11.9 Å². The number of carbonyl (C=O) groups is 3. The summed E-state index contributed by atoms with van der Waals surface area (Å²) in [7, 11) is 0. The Morgan fingerprint density at radius 3 is 2.35 bits per heavy atom. The number of rotatable bonds is 6. The van der Waals surface area contributed by atoms with Crippen LogP contribution in [0.5, 0.6) is 0 Å². The van der Waals surface area contributed by atoms with E-state index in [1.807, 2.05) is 51.3 Å². The van der Waals surface area contributed by atoms with Crippen molar-refractivity contribution in [2.75, 3.05) is 12.4 Å². The Morgan fingerprint density at radius 2 is 1.91 bits per heavy atom. The van der Waals surface area contributed by atoms with Crippen LogP contribution in [-0.2, 0) is 9.59 Å². The first kappa shape index (κ1) is 27.6. The molecule has 188 valence electrons. The fraction of sp³-hybridized carbons (Fsp3) is 0.560. The number of primary amides is 1. The average molecular weight is 490 g/mol. The van der Waals surface area contributed by atoms with Crippen LogP contribution in [0, 0.1) is 5.41 Å². The molecule has 4 amide bonds. The molecule has 0 aromatic heterocycles. The quantitative estimate of drug-likeness (QED) is 0.456. The summed E-state index contributed by atoms with van der Waals surface area (Å²) in [5, 5.41) is 8.62. The van der Waals surface area contributed by atoms with E-state index in [1.54, 1.807) is 0 Å². The molecule has 0 saturated carbocycles. The molecule has 3 rings (SSSR count). The molecule has 0 spiro atoms. The molecular formula is C25H39N5O3S. The van der Waals surface area contributed by atoms with Crippen molar-refractivity contribution in [1.29, 1.82) is 0 Å². The molecule has 3 unspecified atom stereocenters. The summed E-state index contributed by atoms with van der Waals surface area (Å²) in [5.41, 5.74) is 8.40. The largest absolute Gasteiger partial charge is 0.378 e. The predicted octanol–water partition coefficient (Wildman–Crippen LogP) is 3.56. The first-order chi connectivity index (χ1) is 16.0. The molecule has 5 N–H and O–H groups in total. The smallest absolute Gasteiger partial charge is 0.312 e. The number of amides is 4. The molecule has 8 nitrogen and oxygen atoms in total. The molecule has 3 atom stereocenters. The van der Waals surface area contributed by atoms with E-state index in [0.717, 1.165) is 37.2 Å². The van der Waals surface area contributed by atoms with E-state index >= 15 is 0 Å². The number of allylic oxidation sites excluding steroid dienone is 1. The van der Waals surface area contributed by atoms with Gasteiger partial charge in [-0.1, -0.05) is 45.0 Å². The number of nitrogens with zero attached hydrogens (tertiary/aromatic N) is 1. The second-order valence-corrected chi connectivity index (χ2v) is 10.9. The summed E-state index contributed by atoms with van der Waals surface area (Å²) < 4.78 is 0. The lowest BCUT2D eigenvalue weighted by Gasteiger charge is -2.34. The SMILES string of the molecule is CC1=C(c2ccc(C(C)NC=O)cc2)SCN1.CC1CCCN1C(=O)C(NC(N)=O)C(C)(C)C. The number of hydrogen-bond donors (Lipinski definition) is 4. The van der Waals surface area contributed by atoms with Gasteiger partial charge in [0.1, 0.15) is 6.04 Å². The zero-order valence-electron chi connectivity index (χ0n) is 21.1. The Kier molecular flexibility index (Phi) is 9.85. The van der Waals surface area contributed by atoms with E-state index in [-0.39, 0.29) is 23.4 Å². The molecule has 0 aliphatic carbocycles. The summed E-state index contributed by atoms with van der Waals surface area (Å²) in [4.78, 5) is 36.9. The van der Waals surface area contributed by atoms with E-state index in [2.05, 4.69) is 47.1 Å². The fourth-order valence-corrected chi connectivity index (χ4v) is 5.07. The number of urea groups is 1. The molecule has 34 heavy (non-hydrogen) atoms. The third kappa shape index (κ3) is 7.41. The highest BCUT2D eigenvalue weighted by atomic mass is 32.2. The topological polar surface area (TPSA) is 117 Å². The van der Waals surface area contributed by atoms with Gasteiger partial charge in [0, 0.05) is 23.2 Å². The van der Waals surface area contributed by atoms with Crippen molar-refractivity contribution < 1.29 is 14.4 Å². The van der Waals surface area contributed by atoms with Crippen LogP contribution in [0.15, 0.2) is 30.0 Å². The van der Waals surface area contributed by atoms with Gasteiger partial charge in [-0.05, 0) is 50.2 Å². The van der Waals surface area contributed by atoms with Crippen molar-refractivity contribution in [3.05, 3.63) is 41.1 Å². The van der Waals surface area contributed by atoms with Gasteiger partial charge in [0.25, 0.3) is 0 Å². The lowest BCUT2D eigenvalue weighted by Crippen LogP contribution is -2.56. The summed E-state index contributed by atoms with van der Waals surface area (Å²) in [5.74, 6) is 0.924. The standard InChI is InChI=1S/C13H16N2OS.C12H23N3O2/c1-9(14-7-16)11-3-5-12(6-4-11)13-10(2)15-8-17-13;1-8-6-5-7-15(8)10(16)9(12(2,3)4)14-11(13)17/h3-7,9,15H,8H2,1-2H3,(H,14,16);8-9H,5-7H2,1-4H3,(H3,13,14,17). The number of benzene rings is 1. The number of likely N-dealkylation sites (tertiary alicyclic amines) is 1. The van der Waals surface area contributed by atoms with Gasteiger partial charge in [0.15, 0.2) is 0 Å². The molecule has 9 heteroatoms. The summed E-state index contributed by atoms with van der Waals surface area (Å²) in [6, 6.07) is 7.46. The van der Waals surface area contributed by atoms with Gasteiger partial charge < -0.3 is 26.6 Å². The van der Waals surface area contributed by atoms with Crippen LogP contribution < -0.4 is 21.7 Å². The molecule has 1 saturated heterocycles. The lowest BCUT2D eigenvalue weighted by molar-refractivity contribution is -0.136. The molecule has 1 aromatic rings. The normalized spacial score (nSPS) is 19.5. The predicted molar refractivity (Wildman–Crippen MR) is 139 cm³/mol. The molecule has 1 aromatic carbocycles. The van der Waals surface area contributed by atoms with Crippen molar-refractivity contribution in [3.8, 4) is 0 Å². The molecule has 2 aliphatic rings. The maximum Gasteiger partial charge on any atom is 0.312 e. The van der Waals surface area contributed by atoms with Crippen molar-refractivity contribution in [2.24, 2.45) is 11.1 Å². The molecular weight excluding hydrogens is 450 g/mol. The number of nitrogens with one attached hydrogen (secondary N) is 3. The second kappa shape index (κ2) is 12.1. The van der Waals surface area contributed by atoms with Crippen LogP contribution in [0.1, 0.15) is 71.6 Å². The number of thioether (sulfide) groups is 1. The highest BCUT2D eigenvalue weighted by Crippen LogP contribution is 2.34. The minimum absolute atomic E-state index is 0.0266. The van der Waals surface area contributed by atoms with Gasteiger partial charge in [0.2, 0.25) is 12.3 Å². The Bertz CT molecular complexity index is 895. The summed E-state index contributed by atoms with van der Waals surface area (Å²) in [6.45, 7) is 12.6. The van der Waals surface area contributed by atoms with Crippen LogP contribution in [0.4, 0.5) is 4.79 Å². The Hall–Kier alpha value is -2.68. The molecule has 2 heterocycles. The molecule has 0 radical (unpaired) electrons. The van der Waals surface area contributed by atoms with E-state index in [9.17, 15) is 14.4 Å². The first-order valence-corrected chi connectivity index (χ1v) is 12.7. The van der Waals surface area contributed by atoms with Crippen molar-refractivity contribution in [3.63, 3.8) is 0 Å². The number of nitrogens with two attached hydrogens (primary N) is 1. The van der Waals surface area contributed by atoms with E-state index < -0.39 is 12.1 Å². The van der Waals surface area contributed by atoms with E-state index in [4.69, 9.17) is 5.73 Å². The van der Waals surface area contributed by atoms with Crippen LogP contribution in [-0.4, -0.2) is 47.8 Å². The minimum Gasteiger partial charge on any atom is -0.378 e. The van der Waals surface area contributed by atoms with Crippen LogP contribution in [0.3, 0.4) is 0 Å². The zero-order chi connectivity index (χ0) is 25.5. The summed E-state index contributed by atoms with van der Waals surface area (Å²) in [6.07, 6.45) is 2.79. The lowest BCUT2D eigenvalue weighted by atomic mass is 9.85. The zero-order valence-corrected chi connectivity index (χ0v) is 21.9. The Balaban J connectivity index is 0.000000240. The van der Waals surface area contributed by atoms with Gasteiger partial charge in [-0.2, -0.15) is 0 Å². The Labute approximate surface area is 207 Å². The van der Waals surface area contributed by atoms with Crippen LogP contribution >= 0.6 is 11.8 Å². The maximum absolute atomic E-state index is 12.4. The highest BCUT2D eigenvalue weighted by molar-refractivity contribution is 8.08. The van der Waals surface area contributed by atoms with E-state index in [0.29, 0.717) is 0 Å². The summed E-state index contributed by atoms with van der Waals surface area (Å²) >= 11 is 1.82. The van der Waals surface area contributed by atoms with Crippen LogP contribution in [0.2, 0.25) is 0 Å². The number of hydrogen-bond acceptors (Lipinski definition) is 5. The minimum atomic E-state index is -0.648. The van der Waals surface area contributed by atoms with Gasteiger partial charge in [-0.25, -0.2) is 4.79 Å². The Morgan fingerprint density at radius 1 is 1.26 bits per heavy atom. The highest BCUT2D eigenvalue weighted by Gasteiger charge is 2.38.